The second-order valence-electron chi connectivity index (χ2n) is 5.31. The second-order valence-corrected chi connectivity index (χ2v) is 5.31. The number of nitrogens with one attached hydrogen (secondary N) is 2. The molecule has 0 spiro atoms. The van der Waals surface area contributed by atoms with Gasteiger partial charge in [-0.3, -0.25) is 4.99 Å². The Hall–Kier alpha value is -0.770. The molecule has 1 heterocycles. The van der Waals surface area contributed by atoms with Gasteiger partial charge in [-0.2, -0.15) is 0 Å². The summed E-state index contributed by atoms with van der Waals surface area (Å²) in [6.07, 6.45) is 3.79. The number of piperidine rings is 1. The van der Waals surface area contributed by atoms with Crippen molar-refractivity contribution in [3.8, 4) is 0 Å². The van der Waals surface area contributed by atoms with Crippen molar-refractivity contribution in [2.45, 2.75) is 46.1 Å². The van der Waals surface area contributed by atoms with Gasteiger partial charge in [0.15, 0.2) is 5.96 Å². The van der Waals surface area contributed by atoms with Gasteiger partial charge < -0.3 is 15.5 Å². The third-order valence-corrected chi connectivity index (χ3v) is 3.83. The van der Waals surface area contributed by atoms with Crippen LogP contribution in [0.2, 0.25) is 0 Å². The lowest BCUT2D eigenvalue weighted by atomic mass is 9.98. The average molecular weight is 254 g/mol. The standard InChI is InChI=1S/C14H30N4/c1-5-12(3)17-14(15-4)16-10-13-8-7-9-18(6-2)11-13/h12-13H,5-11H2,1-4H3,(H2,15,16,17). The number of likely N-dealkylation sites (tertiary alicyclic amines) is 1. The fourth-order valence-corrected chi connectivity index (χ4v) is 2.38. The monoisotopic (exact) mass is 254 g/mol. The first-order chi connectivity index (χ1) is 8.69. The Morgan fingerprint density at radius 3 is 2.83 bits per heavy atom. The summed E-state index contributed by atoms with van der Waals surface area (Å²) in [5.74, 6) is 1.70. The molecule has 1 aliphatic heterocycles. The van der Waals surface area contributed by atoms with Gasteiger partial charge in [0, 0.05) is 26.2 Å². The second kappa shape index (κ2) is 8.35. The Balaban J connectivity index is 2.29. The minimum atomic E-state index is 0.481. The molecule has 1 saturated heterocycles. The van der Waals surface area contributed by atoms with Crippen molar-refractivity contribution >= 4 is 5.96 Å². The molecule has 2 unspecified atom stereocenters. The molecule has 0 aromatic rings. The van der Waals surface area contributed by atoms with Crippen LogP contribution in [0, 0.1) is 5.92 Å². The zero-order valence-electron chi connectivity index (χ0n) is 12.5. The number of rotatable bonds is 5. The molecule has 0 saturated carbocycles. The molecular formula is C14H30N4. The molecule has 0 aliphatic carbocycles. The Labute approximate surface area is 112 Å². The van der Waals surface area contributed by atoms with Gasteiger partial charge >= 0.3 is 0 Å². The molecule has 4 heteroatoms. The minimum absolute atomic E-state index is 0.481. The van der Waals surface area contributed by atoms with E-state index in [1.807, 2.05) is 7.05 Å². The van der Waals surface area contributed by atoms with Crippen LogP contribution >= 0.6 is 0 Å². The Kier molecular flexibility index (Phi) is 7.09. The van der Waals surface area contributed by atoms with Crippen molar-refractivity contribution in [2.24, 2.45) is 10.9 Å². The first kappa shape index (κ1) is 15.3. The predicted octanol–water partition coefficient (Wildman–Crippen LogP) is 1.68. The van der Waals surface area contributed by atoms with Crippen LogP contribution in [0.1, 0.15) is 40.0 Å². The van der Waals surface area contributed by atoms with E-state index in [1.165, 1.54) is 32.5 Å². The van der Waals surface area contributed by atoms with Crippen molar-refractivity contribution in [2.75, 3.05) is 33.2 Å². The van der Waals surface area contributed by atoms with E-state index in [2.05, 4.69) is 41.3 Å². The summed E-state index contributed by atoms with van der Waals surface area (Å²) >= 11 is 0. The molecule has 0 aromatic heterocycles. The van der Waals surface area contributed by atoms with Crippen LogP contribution in [0.15, 0.2) is 4.99 Å². The Morgan fingerprint density at radius 2 is 2.22 bits per heavy atom. The van der Waals surface area contributed by atoms with Crippen molar-refractivity contribution < 1.29 is 0 Å². The van der Waals surface area contributed by atoms with Crippen LogP contribution < -0.4 is 10.6 Å². The molecule has 4 nitrogen and oxygen atoms in total. The first-order valence-corrected chi connectivity index (χ1v) is 7.39. The lowest BCUT2D eigenvalue weighted by molar-refractivity contribution is 0.183. The smallest absolute Gasteiger partial charge is 0.191 e. The molecule has 0 amide bonds. The van der Waals surface area contributed by atoms with Crippen LogP contribution in [-0.2, 0) is 0 Å². The van der Waals surface area contributed by atoms with E-state index >= 15 is 0 Å². The minimum Gasteiger partial charge on any atom is -0.356 e. The number of aliphatic imine (C=N–C) groups is 1. The van der Waals surface area contributed by atoms with Crippen LogP contribution in [0.5, 0.6) is 0 Å². The van der Waals surface area contributed by atoms with Crippen LogP contribution in [0.25, 0.3) is 0 Å². The normalized spacial score (nSPS) is 23.8. The van der Waals surface area contributed by atoms with E-state index in [-0.39, 0.29) is 0 Å². The summed E-state index contributed by atoms with van der Waals surface area (Å²) in [7, 11) is 1.84. The predicted molar refractivity (Wildman–Crippen MR) is 79.1 cm³/mol. The van der Waals surface area contributed by atoms with Crippen molar-refractivity contribution in [3.63, 3.8) is 0 Å². The third-order valence-electron chi connectivity index (χ3n) is 3.83. The quantitative estimate of drug-likeness (QED) is 0.579. The molecule has 2 atom stereocenters. The number of hydrogen-bond acceptors (Lipinski definition) is 2. The molecule has 106 valence electrons. The van der Waals surface area contributed by atoms with Gasteiger partial charge in [-0.15, -0.1) is 0 Å². The lowest BCUT2D eigenvalue weighted by Crippen LogP contribution is -2.46. The summed E-state index contributed by atoms with van der Waals surface area (Å²) in [5, 5.41) is 6.87. The summed E-state index contributed by atoms with van der Waals surface area (Å²) in [4.78, 5) is 6.82. The van der Waals surface area contributed by atoms with Gasteiger partial charge in [-0.05, 0) is 45.2 Å². The molecule has 0 bridgehead atoms. The topological polar surface area (TPSA) is 39.7 Å². The third kappa shape index (κ3) is 5.25. The average Bonchev–Trinajstić information content (AvgIpc) is 2.43. The van der Waals surface area contributed by atoms with Gasteiger partial charge in [0.1, 0.15) is 0 Å². The Morgan fingerprint density at radius 1 is 1.44 bits per heavy atom. The van der Waals surface area contributed by atoms with Gasteiger partial charge in [-0.25, -0.2) is 0 Å². The Bertz CT molecular complexity index is 252. The molecule has 1 fully saturated rings. The van der Waals surface area contributed by atoms with E-state index in [0.29, 0.717) is 6.04 Å². The largest absolute Gasteiger partial charge is 0.356 e. The zero-order chi connectivity index (χ0) is 13.4. The van der Waals surface area contributed by atoms with Gasteiger partial charge in [0.05, 0.1) is 0 Å². The van der Waals surface area contributed by atoms with E-state index in [9.17, 15) is 0 Å². The van der Waals surface area contributed by atoms with Crippen LogP contribution in [-0.4, -0.2) is 50.1 Å². The number of nitrogens with zero attached hydrogens (tertiary/aromatic N) is 2. The van der Waals surface area contributed by atoms with Crippen LogP contribution in [0.3, 0.4) is 0 Å². The maximum atomic E-state index is 4.28. The summed E-state index contributed by atoms with van der Waals surface area (Å²) in [5.41, 5.74) is 0. The van der Waals surface area contributed by atoms with Gasteiger partial charge in [-0.1, -0.05) is 13.8 Å². The van der Waals surface area contributed by atoms with E-state index < -0.39 is 0 Å². The highest BCUT2D eigenvalue weighted by Crippen LogP contribution is 2.14. The summed E-state index contributed by atoms with van der Waals surface area (Å²) in [6.45, 7) is 11.3. The van der Waals surface area contributed by atoms with Crippen molar-refractivity contribution in [3.05, 3.63) is 0 Å². The molecule has 2 N–H and O–H groups in total. The maximum Gasteiger partial charge on any atom is 0.191 e. The first-order valence-electron chi connectivity index (χ1n) is 7.39. The van der Waals surface area contributed by atoms with Crippen LogP contribution in [0.4, 0.5) is 0 Å². The van der Waals surface area contributed by atoms with Crippen molar-refractivity contribution in [1.82, 2.24) is 15.5 Å². The van der Waals surface area contributed by atoms with E-state index in [4.69, 9.17) is 0 Å². The highest BCUT2D eigenvalue weighted by Gasteiger charge is 2.18. The molecule has 0 radical (unpaired) electrons. The lowest BCUT2D eigenvalue weighted by Gasteiger charge is -2.32. The number of hydrogen-bond donors (Lipinski definition) is 2. The van der Waals surface area contributed by atoms with E-state index in [0.717, 1.165) is 24.8 Å². The fraction of sp³-hybridized carbons (Fsp3) is 0.929. The molecule has 0 aromatic carbocycles. The van der Waals surface area contributed by atoms with Gasteiger partial charge in [0.2, 0.25) is 0 Å². The van der Waals surface area contributed by atoms with Crippen molar-refractivity contribution in [1.29, 1.82) is 0 Å². The fourth-order valence-electron chi connectivity index (χ4n) is 2.38. The molecule has 1 aliphatic rings. The molecule has 1 rings (SSSR count). The highest BCUT2D eigenvalue weighted by atomic mass is 15.2. The highest BCUT2D eigenvalue weighted by molar-refractivity contribution is 5.79. The zero-order valence-corrected chi connectivity index (χ0v) is 12.5. The SMILES string of the molecule is CCC(C)NC(=NC)NCC1CCCN(CC)C1. The van der Waals surface area contributed by atoms with E-state index in [1.54, 1.807) is 0 Å². The number of guanidine groups is 1. The molecular weight excluding hydrogens is 224 g/mol. The maximum absolute atomic E-state index is 4.28. The molecule has 18 heavy (non-hydrogen) atoms. The summed E-state index contributed by atoms with van der Waals surface area (Å²) in [6, 6.07) is 0.481. The summed E-state index contributed by atoms with van der Waals surface area (Å²) < 4.78 is 0. The van der Waals surface area contributed by atoms with Gasteiger partial charge in [0.25, 0.3) is 0 Å².